The molecule has 0 saturated heterocycles. The van der Waals surface area contributed by atoms with Crippen molar-refractivity contribution in [1.29, 1.82) is 0 Å². The summed E-state index contributed by atoms with van der Waals surface area (Å²) in [7, 11) is 3.70. The van der Waals surface area contributed by atoms with E-state index in [0.717, 1.165) is 18.4 Å². The van der Waals surface area contributed by atoms with Crippen molar-refractivity contribution in [2.24, 2.45) is 22.4 Å². The monoisotopic (exact) mass is 435 g/mol. The average molecular weight is 436 g/mol. The van der Waals surface area contributed by atoms with Crippen LogP contribution in [0, 0.1) is 17.3 Å². The third-order valence-corrected chi connectivity index (χ3v) is 9.40. The van der Waals surface area contributed by atoms with Crippen molar-refractivity contribution in [3.8, 4) is 0 Å². The third kappa shape index (κ3) is 3.21. The zero-order chi connectivity index (χ0) is 22.3. The van der Waals surface area contributed by atoms with E-state index in [2.05, 4.69) is 42.4 Å². The molecule has 0 aromatic heterocycles. The quantitative estimate of drug-likeness (QED) is 0.338. The van der Waals surface area contributed by atoms with Gasteiger partial charge in [0.05, 0.1) is 18.4 Å². The zero-order valence-electron chi connectivity index (χ0n) is 19.8. The van der Waals surface area contributed by atoms with E-state index in [1.807, 2.05) is 14.2 Å². The Morgan fingerprint density at radius 1 is 1.16 bits per heavy atom. The van der Waals surface area contributed by atoms with Crippen LogP contribution in [-0.2, 0) is 9.47 Å². The molecular formula is C28H37NO3. The van der Waals surface area contributed by atoms with Crippen molar-refractivity contribution in [2.45, 2.75) is 69.8 Å². The van der Waals surface area contributed by atoms with E-state index >= 15 is 0 Å². The van der Waals surface area contributed by atoms with Gasteiger partial charge in [-0.05, 0) is 85.5 Å². The van der Waals surface area contributed by atoms with E-state index in [-0.39, 0.29) is 11.0 Å². The molecule has 1 aromatic carbocycles. The smallest absolute Gasteiger partial charge is 0.0967 e. The van der Waals surface area contributed by atoms with Gasteiger partial charge >= 0.3 is 0 Å². The van der Waals surface area contributed by atoms with Gasteiger partial charge in [-0.2, -0.15) is 0 Å². The van der Waals surface area contributed by atoms with Crippen LogP contribution in [0.4, 0.5) is 0 Å². The maximum absolute atomic E-state index is 8.92. The molecule has 1 aromatic rings. The first-order valence-corrected chi connectivity index (χ1v) is 12.3. The van der Waals surface area contributed by atoms with Crippen molar-refractivity contribution in [2.75, 3.05) is 20.8 Å². The summed E-state index contributed by atoms with van der Waals surface area (Å²) in [6.45, 7) is 3.15. The number of rotatable bonds is 5. The Morgan fingerprint density at radius 2 is 1.97 bits per heavy atom. The fourth-order valence-corrected chi connectivity index (χ4v) is 7.89. The Morgan fingerprint density at radius 3 is 2.69 bits per heavy atom. The van der Waals surface area contributed by atoms with Gasteiger partial charge in [0.1, 0.15) is 0 Å². The summed E-state index contributed by atoms with van der Waals surface area (Å²) in [5.41, 5.74) is 7.23. The van der Waals surface area contributed by atoms with Crippen LogP contribution in [0.15, 0.2) is 52.2 Å². The molecule has 0 spiro atoms. The molecule has 0 aliphatic heterocycles. The second-order valence-corrected chi connectivity index (χ2v) is 10.6. The van der Waals surface area contributed by atoms with Gasteiger partial charge < -0.3 is 14.7 Å². The Kier molecular flexibility index (Phi) is 5.79. The predicted octanol–water partition coefficient (Wildman–Crippen LogP) is 6.25. The van der Waals surface area contributed by atoms with Crippen LogP contribution in [0.3, 0.4) is 0 Å². The van der Waals surface area contributed by atoms with E-state index in [4.69, 9.17) is 14.7 Å². The predicted molar refractivity (Wildman–Crippen MR) is 127 cm³/mol. The largest absolute Gasteiger partial charge is 0.411 e. The molecule has 2 saturated carbocycles. The lowest BCUT2D eigenvalue weighted by atomic mass is 9.51. The summed E-state index contributed by atoms with van der Waals surface area (Å²) in [6.07, 6.45) is 13.7. The molecule has 0 bridgehead atoms. The van der Waals surface area contributed by atoms with E-state index in [0.29, 0.717) is 24.4 Å². The van der Waals surface area contributed by atoms with Crippen LogP contribution < -0.4 is 0 Å². The minimum absolute atomic E-state index is 0.0816. The van der Waals surface area contributed by atoms with E-state index < -0.39 is 0 Å². The Hall–Kier alpha value is -1.91. The van der Waals surface area contributed by atoms with Crippen LogP contribution in [0.5, 0.6) is 0 Å². The highest BCUT2D eigenvalue weighted by molar-refractivity contribution is 5.79. The number of hydrogen-bond acceptors (Lipinski definition) is 4. The van der Waals surface area contributed by atoms with E-state index in [1.54, 1.807) is 16.7 Å². The number of oxime groups is 1. The summed E-state index contributed by atoms with van der Waals surface area (Å²) in [5.74, 6) is 1.69. The Bertz CT molecular complexity index is 946. The molecule has 2 fully saturated rings. The van der Waals surface area contributed by atoms with Crippen molar-refractivity contribution in [3.05, 3.63) is 58.2 Å². The Balaban J connectivity index is 1.64. The Labute approximate surface area is 192 Å². The topological polar surface area (TPSA) is 51.0 Å². The molecule has 32 heavy (non-hydrogen) atoms. The van der Waals surface area contributed by atoms with E-state index in [1.165, 1.54) is 50.3 Å². The van der Waals surface area contributed by atoms with Gasteiger partial charge in [0.25, 0.3) is 0 Å². The van der Waals surface area contributed by atoms with Crippen molar-refractivity contribution >= 4 is 6.21 Å². The summed E-state index contributed by atoms with van der Waals surface area (Å²) >= 11 is 0. The first-order chi connectivity index (χ1) is 15.6. The third-order valence-electron chi connectivity index (χ3n) is 9.40. The molecular weight excluding hydrogens is 398 g/mol. The lowest BCUT2D eigenvalue weighted by Crippen LogP contribution is -2.54. The summed E-state index contributed by atoms with van der Waals surface area (Å²) in [6, 6.07) is 8.65. The SMILES string of the molecule is COC[C@]1(OC)CC[C@H]2[C@@H]3CCC4=CCCCC4=C3[C@@H](c3ccc(/C=N/O)cc3)C[C@@]21C. The highest BCUT2D eigenvalue weighted by Crippen LogP contribution is 2.67. The van der Waals surface area contributed by atoms with Crippen LogP contribution in [0.2, 0.25) is 0 Å². The molecule has 5 rings (SSSR count). The molecule has 5 atom stereocenters. The molecule has 0 radical (unpaired) electrons. The van der Waals surface area contributed by atoms with Crippen molar-refractivity contribution in [3.63, 3.8) is 0 Å². The molecule has 4 aliphatic rings. The first-order valence-electron chi connectivity index (χ1n) is 12.3. The van der Waals surface area contributed by atoms with Gasteiger partial charge in [-0.3, -0.25) is 0 Å². The van der Waals surface area contributed by atoms with Crippen molar-refractivity contribution in [1.82, 2.24) is 0 Å². The molecule has 172 valence electrons. The van der Waals surface area contributed by atoms with Crippen LogP contribution in [0.1, 0.15) is 75.3 Å². The molecule has 4 aliphatic carbocycles. The first kappa shape index (κ1) is 21.9. The lowest BCUT2D eigenvalue weighted by Gasteiger charge is -2.55. The molecule has 1 N–H and O–H groups in total. The minimum atomic E-state index is -0.215. The molecule has 4 heteroatoms. The van der Waals surface area contributed by atoms with Gasteiger partial charge in [0.2, 0.25) is 0 Å². The zero-order valence-corrected chi connectivity index (χ0v) is 19.8. The van der Waals surface area contributed by atoms with Crippen LogP contribution in [0.25, 0.3) is 0 Å². The normalized spacial score (nSPS) is 36.6. The number of allylic oxidation sites excluding steroid dienone is 4. The number of nitrogens with zero attached hydrogens (tertiary/aromatic N) is 1. The summed E-state index contributed by atoms with van der Waals surface area (Å²) in [4.78, 5) is 0. The summed E-state index contributed by atoms with van der Waals surface area (Å²) < 4.78 is 12.1. The molecule has 0 amide bonds. The maximum Gasteiger partial charge on any atom is 0.0967 e. The fourth-order valence-electron chi connectivity index (χ4n) is 7.89. The standard InChI is InChI=1S/C28H37NO3/c1-27-16-24(21-10-8-19(9-11-21)17-29-30)26-22-7-5-4-6-20(22)12-13-23(26)25(27)14-15-28(27,32-3)18-31-2/h6,8-11,17,23-25,30H,4-5,7,12-16,18H2,1-3H3/b29-17+/t23-,24+,25-,27-,28+/m0/s1. The number of fused-ring (bicyclic) bond motifs is 4. The van der Waals surface area contributed by atoms with Crippen LogP contribution in [-0.4, -0.2) is 37.8 Å². The number of hydrogen-bond donors (Lipinski definition) is 1. The second kappa shape index (κ2) is 8.46. The fraction of sp³-hybridized carbons (Fsp3) is 0.607. The molecule has 4 nitrogen and oxygen atoms in total. The number of methoxy groups -OCH3 is 2. The van der Waals surface area contributed by atoms with Gasteiger partial charge in [0.15, 0.2) is 0 Å². The summed E-state index contributed by atoms with van der Waals surface area (Å²) in [5, 5.41) is 12.1. The second-order valence-electron chi connectivity index (χ2n) is 10.6. The van der Waals surface area contributed by atoms with Gasteiger partial charge in [-0.25, -0.2) is 0 Å². The van der Waals surface area contributed by atoms with Crippen LogP contribution >= 0.6 is 0 Å². The van der Waals surface area contributed by atoms with Gasteiger partial charge in [0, 0.05) is 25.6 Å². The lowest BCUT2D eigenvalue weighted by molar-refractivity contribution is -0.149. The minimum Gasteiger partial charge on any atom is -0.411 e. The van der Waals surface area contributed by atoms with Crippen molar-refractivity contribution < 1.29 is 14.7 Å². The van der Waals surface area contributed by atoms with Gasteiger partial charge in [-0.1, -0.05) is 48.0 Å². The average Bonchev–Trinajstić information content (AvgIpc) is 3.11. The maximum atomic E-state index is 8.92. The van der Waals surface area contributed by atoms with E-state index in [9.17, 15) is 0 Å². The molecule has 0 heterocycles. The number of benzene rings is 1. The highest BCUT2D eigenvalue weighted by Gasteiger charge is 2.63. The highest BCUT2D eigenvalue weighted by atomic mass is 16.5. The molecule has 0 unspecified atom stereocenters. The number of ether oxygens (including phenoxy) is 2. The van der Waals surface area contributed by atoms with Gasteiger partial charge in [-0.15, -0.1) is 0 Å².